The lowest BCUT2D eigenvalue weighted by Gasteiger charge is -2.13. The molecular weight excluding hydrogens is 276 g/mol. The van der Waals surface area contributed by atoms with Crippen LogP contribution in [0, 0.1) is 0 Å². The second-order valence-electron chi connectivity index (χ2n) is 5.79. The summed E-state index contributed by atoms with van der Waals surface area (Å²) in [4.78, 5) is 20.3. The molecule has 1 heterocycles. The van der Waals surface area contributed by atoms with Crippen molar-refractivity contribution in [3.63, 3.8) is 0 Å². The van der Waals surface area contributed by atoms with Gasteiger partial charge in [-0.15, -0.1) is 0 Å². The molecule has 2 rings (SSSR count). The number of aromatic nitrogens is 2. The van der Waals surface area contributed by atoms with Gasteiger partial charge >= 0.3 is 0 Å². The Kier molecular flexibility index (Phi) is 5.09. The van der Waals surface area contributed by atoms with Gasteiger partial charge in [-0.2, -0.15) is 0 Å². The van der Waals surface area contributed by atoms with E-state index in [9.17, 15) is 4.79 Å². The summed E-state index contributed by atoms with van der Waals surface area (Å²) in [5, 5.41) is 6.02. The Balaban J connectivity index is 2.14. The molecule has 5 nitrogen and oxygen atoms in total. The molecule has 116 valence electrons. The second kappa shape index (κ2) is 7.02. The number of nitrogens with zero attached hydrogens (tertiary/aromatic N) is 2. The molecule has 0 unspecified atom stereocenters. The Bertz CT molecular complexity index is 635. The summed E-state index contributed by atoms with van der Waals surface area (Å²) >= 11 is 0. The second-order valence-corrected chi connectivity index (χ2v) is 5.79. The first-order valence-corrected chi connectivity index (χ1v) is 7.46. The topological polar surface area (TPSA) is 66.9 Å². The molecule has 0 atom stereocenters. The van der Waals surface area contributed by atoms with Crippen molar-refractivity contribution in [3.8, 4) is 0 Å². The van der Waals surface area contributed by atoms with Crippen LogP contribution in [0.15, 0.2) is 36.7 Å². The number of nitrogens with one attached hydrogen (secondary N) is 2. The summed E-state index contributed by atoms with van der Waals surface area (Å²) in [6.07, 6.45) is 3.07. The first kappa shape index (κ1) is 15.9. The molecule has 0 saturated heterocycles. The average molecular weight is 298 g/mol. The Morgan fingerprint density at radius 1 is 1.05 bits per heavy atom. The number of benzene rings is 1. The molecule has 1 aromatic heterocycles. The third kappa shape index (κ3) is 4.04. The van der Waals surface area contributed by atoms with Crippen LogP contribution < -0.4 is 10.6 Å². The lowest BCUT2D eigenvalue weighted by molar-refractivity contribution is 0.0942. The molecule has 0 aliphatic heterocycles. The van der Waals surface area contributed by atoms with Crippen molar-refractivity contribution in [1.82, 2.24) is 15.3 Å². The van der Waals surface area contributed by atoms with Crippen molar-refractivity contribution >= 4 is 17.5 Å². The number of carbonyl (C=O) groups is 1. The Morgan fingerprint density at radius 2 is 1.68 bits per heavy atom. The zero-order chi connectivity index (χ0) is 16.1. The molecule has 0 aliphatic carbocycles. The summed E-state index contributed by atoms with van der Waals surface area (Å²) < 4.78 is 0. The van der Waals surface area contributed by atoms with Gasteiger partial charge in [0, 0.05) is 24.1 Å². The van der Waals surface area contributed by atoms with E-state index in [1.165, 1.54) is 18.0 Å². The lowest BCUT2D eigenvalue weighted by atomic mass is 10.0. The van der Waals surface area contributed by atoms with Gasteiger partial charge in [0.2, 0.25) is 5.95 Å². The summed E-state index contributed by atoms with van der Waals surface area (Å²) in [5.41, 5.74) is 2.64. The van der Waals surface area contributed by atoms with Crippen molar-refractivity contribution in [2.75, 3.05) is 5.32 Å². The number of rotatable bonds is 5. The number of carbonyl (C=O) groups excluding carboxylic acids is 1. The van der Waals surface area contributed by atoms with Crippen LogP contribution in [-0.2, 0) is 0 Å². The molecule has 1 aromatic carbocycles. The quantitative estimate of drug-likeness (QED) is 0.887. The van der Waals surface area contributed by atoms with E-state index < -0.39 is 0 Å². The largest absolute Gasteiger partial charge is 0.350 e. The van der Waals surface area contributed by atoms with Gasteiger partial charge in [-0.05, 0) is 31.4 Å². The number of hydrogen-bond donors (Lipinski definition) is 2. The molecule has 22 heavy (non-hydrogen) atoms. The molecule has 5 heteroatoms. The van der Waals surface area contributed by atoms with Crippen molar-refractivity contribution in [2.24, 2.45) is 0 Å². The molecule has 0 spiro atoms. The predicted molar refractivity (Wildman–Crippen MR) is 88.4 cm³/mol. The first-order valence-electron chi connectivity index (χ1n) is 7.46. The van der Waals surface area contributed by atoms with Crippen LogP contribution in [0.3, 0.4) is 0 Å². The standard InChI is InChI=1S/C17H22N4O/c1-11(2)14-7-5-6-8-15(14)21-17-18-9-13(10-19-17)16(22)20-12(3)4/h5-12H,1-4H3,(H,20,22)(H,18,19,21). The van der Waals surface area contributed by atoms with Gasteiger partial charge in [-0.3, -0.25) is 4.79 Å². The first-order chi connectivity index (χ1) is 10.5. The lowest BCUT2D eigenvalue weighted by Crippen LogP contribution is -2.30. The fourth-order valence-electron chi connectivity index (χ4n) is 2.09. The van der Waals surface area contributed by atoms with E-state index >= 15 is 0 Å². The number of hydrogen-bond acceptors (Lipinski definition) is 4. The molecule has 0 fully saturated rings. The summed E-state index contributed by atoms with van der Waals surface area (Å²) in [6.45, 7) is 8.11. The third-order valence-electron chi connectivity index (χ3n) is 3.16. The van der Waals surface area contributed by atoms with Crippen LogP contribution in [0.1, 0.15) is 49.5 Å². The zero-order valence-corrected chi connectivity index (χ0v) is 13.4. The van der Waals surface area contributed by atoms with E-state index in [4.69, 9.17) is 0 Å². The highest BCUT2D eigenvalue weighted by Gasteiger charge is 2.10. The average Bonchev–Trinajstić information content (AvgIpc) is 2.47. The van der Waals surface area contributed by atoms with Gasteiger partial charge in [0.05, 0.1) is 5.56 Å². The van der Waals surface area contributed by atoms with Crippen LogP contribution in [-0.4, -0.2) is 21.9 Å². The van der Waals surface area contributed by atoms with Crippen molar-refractivity contribution < 1.29 is 4.79 Å². The van der Waals surface area contributed by atoms with E-state index in [0.29, 0.717) is 17.4 Å². The van der Waals surface area contributed by atoms with E-state index in [0.717, 1.165) is 5.69 Å². The SMILES string of the molecule is CC(C)NC(=O)c1cnc(Nc2ccccc2C(C)C)nc1. The minimum atomic E-state index is -0.163. The molecule has 1 amide bonds. The fourth-order valence-corrected chi connectivity index (χ4v) is 2.09. The third-order valence-corrected chi connectivity index (χ3v) is 3.16. The van der Waals surface area contributed by atoms with Crippen molar-refractivity contribution in [3.05, 3.63) is 47.8 Å². The Morgan fingerprint density at radius 3 is 2.27 bits per heavy atom. The molecule has 0 saturated carbocycles. The monoisotopic (exact) mass is 298 g/mol. The molecule has 0 bridgehead atoms. The summed E-state index contributed by atoms with van der Waals surface area (Å²) in [5.74, 6) is 0.720. The maximum Gasteiger partial charge on any atom is 0.254 e. The number of amides is 1. The Labute approximate surface area is 131 Å². The van der Waals surface area contributed by atoms with Gasteiger partial charge in [0.25, 0.3) is 5.91 Å². The van der Waals surface area contributed by atoms with E-state index in [-0.39, 0.29) is 11.9 Å². The maximum absolute atomic E-state index is 11.9. The maximum atomic E-state index is 11.9. The van der Waals surface area contributed by atoms with E-state index in [1.807, 2.05) is 32.0 Å². The van der Waals surface area contributed by atoms with Crippen LogP contribution in [0.2, 0.25) is 0 Å². The van der Waals surface area contributed by atoms with Crippen molar-refractivity contribution in [1.29, 1.82) is 0 Å². The highest BCUT2D eigenvalue weighted by Crippen LogP contribution is 2.25. The minimum Gasteiger partial charge on any atom is -0.350 e. The fraction of sp³-hybridized carbons (Fsp3) is 0.353. The number of anilines is 2. The van der Waals surface area contributed by atoms with Crippen LogP contribution in [0.4, 0.5) is 11.6 Å². The van der Waals surface area contributed by atoms with Crippen LogP contribution >= 0.6 is 0 Å². The van der Waals surface area contributed by atoms with E-state index in [2.05, 4.69) is 40.5 Å². The molecule has 0 aliphatic rings. The van der Waals surface area contributed by atoms with Crippen LogP contribution in [0.25, 0.3) is 0 Å². The van der Waals surface area contributed by atoms with Crippen molar-refractivity contribution in [2.45, 2.75) is 39.7 Å². The molecular formula is C17H22N4O. The van der Waals surface area contributed by atoms with Gasteiger partial charge in [-0.1, -0.05) is 32.0 Å². The summed E-state index contributed by atoms with van der Waals surface area (Å²) in [7, 11) is 0. The smallest absolute Gasteiger partial charge is 0.254 e. The highest BCUT2D eigenvalue weighted by atomic mass is 16.1. The molecule has 2 aromatic rings. The highest BCUT2D eigenvalue weighted by molar-refractivity contribution is 5.93. The van der Waals surface area contributed by atoms with Gasteiger partial charge < -0.3 is 10.6 Å². The molecule has 0 radical (unpaired) electrons. The molecule has 2 N–H and O–H groups in total. The summed E-state index contributed by atoms with van der Waals surface area (Å²) in [6, 6.07) is 8.15. The normalized spacial score (nSPS) is 10.8. The van der Waals surface area contributed by atoms with Crippen LogP contribution in [0.5, 0.6) is 0 Å². The zero-order valence-electron chi connectivity index (χ0n) is 13.4. The minimum absolute atomic E-state index is 0.0863. The van der Waals surface area contributed by atoms with Gasteiger partial charge in [0.15, 0.2) is 0 Å². The number of para-hydroxylation sites is 1. The van der Waals surface area contributed by atoms with E-state index in [1.54, 1.807) is 0 Å². The van der Waals surface area contributed by atoms with Gasteiger partial charge in [0.1, 0.15) is 0 Å². The van der Waals surface area contributed by atoms with Gasteiger partial charge in [-0.25, -0.2) is 9.97 Å². The predicted octanol–water partition coefficient (Wildman–Crippen LogP) is 3.48. The Hall–Kier alpha value is -2.43.